The second kappa shape index (κ2) is 6.59. The zero-order chi connectivity index (χ0) is 11.1. The van der Waals surface area contributed by atoms with Gasteiger partial charge in [0, 0.05) is 12.6 Å². The molecule has 1 rings (SSSR count). The van der Waals surface area contributed by atoms with Crippen LogP contribution in [0.5, 0.6) is 0 Å². The van der Waals surface area contributed by atoms with E-state index >= 15 is 0 Å². The van der Waals surface area contributed by atoms with Crippen molar-refractivity contribution >= 4 is 0 Å². The number of benzene rings is 1. The van der Waals surface area contributed by atoms with Gasteiger partial charge in [-0.25, -0.2) is 0 Å². The summed E-state index contributed by atoms with van der Waals surface area (Å²) in [7, 11) is 1.99. The molecule has 0 bridgehead atoms. The molecule has 0 aliphatic rings. The molecule has 2 nitrogen and oxygen atoms in total. The predicted molar refractivity (Wildman–Crippen MR) is 64.1 cm³/mol. The normalized spacial score (nSPS) is 14.9. The van der Waals surface area contributed by atoms with E-state index in [4.69, 9.17) is 4.74 Å². The lowest BCUT2D eigenvalue weighted by Gasteiger charge is -2.23. The Hall–Kier alpha value is -0.860. The van der Waals surface area contributed by atoms with E-state index in [9.17, 15) is 0 Å². The lowest BCUT2D eigenvalue weighted by atomic mass is 10.0. The Morgan fingerprint density at radius 1 is 1.27 bits per heavy atom. The van der Waals surface area contributed by atoms with Crippen molar-refractivity contribution < 1.29 is 4.74 Å². The molecule has 0 heterocycles. The molecular weight excluding hydrogens is 186 g/mol. The highest BCUT2D eigenvalue weighted by Gasteiger charge is 2.15. The van der Waals surface area contributed by atoms with Crippen LogP contribution in [0.2, 0.25) is 0 Å². The summed E-state index contributed by atoms with van der Waals surface area (Å²) in [5.41, 5.74) is 1.35. The van der Waals surface area contributed by atoms with Crippen molar-refractivity contribution in [1.82, 2.24) is 5.32 Å². The van der Waals surface area contributed by atoms with E-state index in [0.29, 0.717) is 6.04 Å². The molecule has 0 radical (unpaired) electrons. The molecule has 0 saturated heterocycles. The van der Waals surface area contributed by atoms with Crippen molar-refractivity contribution in [3.63, 3.8) is 0 Å². The largest absolute Gasteiger partial charge is 0.377 e. The molecule has 0 spiro atoms. The Balaban J connectivity index is 2.53. The van der Waals surface area contributed by atoms with Crippen molar-refractivity contribution in [1.29, 1.82) is 0 Å². The average molecular weight is 207 g/mol. The van der Waals surface area contributed by atoms with Crippen LogP contribution in [-0.2, 0) is 11.2 Å². The minimum Gasteiger partial charge on any atom is -0.377 e. The summed E-state index contributed by atoms with van der Waals surface area (Å²) in [5, 5.41) is 3.31. The van der Waals surface area contributed by atoms with E-state index in [2.05, 4.69) is 36.5 Å². The maximum absolute atomic E-state index is 5.60. The summed E-state index contributed by atoms with van der Waals surface area (Å²) >= 11 is 0. The van der Waals surface area contributed by atoms with E-state index in [0.717, 1.165) is 13.0 Å². The van der Waals surface area contributed by atoms with Gasteiger partial charge in [-0.2, -0.15) is 0 Å². The number of rotatable bonds is 6. The molecule has 0 fully saturated rings. The molecule has 0 amide bonds. The number of hydrogen-bond donors (Lipinski definition) is 1. The Labute approximate surface area is 92.6 Å². The van der Waals surface area contributed by atoms with E-state index in [1.165, 1.54) is 5.56 Å². The predicted octanol–water partition coefficient (Wildman–Crippen LogP) is 2.24. The third kappa shape index (κ3) is 4.02. The van der Waals surface area contributed by atoms with Crippen LogP contribution in [0.15, 0.2) is 30.3 Å². The van der Waals surface area contributed by atoms with Gasteiger partial charge in [-0.1, -0.05) is 30.3 Å². The van der Waals surface area contributed by atoms with Gasteiger partial charge < -0.3 is 10.1 Å². The Bertz CT molecular complexity index is 260. The van der Waals surface area contributed by atoms with Gasteiger partial charge in [0.2, 0.25) is 0 Å². The fourth-order valence-corrected chi connectivity index (χ4v) is 1.75. The summed E-state index contributed by atoms with van der Waals surface area (Å²) in [5.74, 6) is 0. The molecule has 1 aromatic carbocycles. The standard InChI is InChI=1S/C13H21NO/c1-4-15-11(2)13(14-3)10-12-8-6-5-7-9-12/h5-9,11,13-14H,4,10H2,1-3H3. The highest BCUT2D eigenvalue weighted by atomic mass is 16.5. The maximum Gasteiger partial charge on any atom is 0.0702 e. The van der Waals surface area contributed by atoms with Gasteiger partial charge in [0.1, 0.15) is 0 Å². The third-order valence-corrected chi connectivity index (χ3v) is 2.67. The monoisotopic (exact) mass is 207 g/mol. The SMILES string of the molecule is CCOC(C)C(Cc1ccccc1)NC. The van der Waals surface area contributed by atoms with Crippen LogP contribution < -0.4 is 5.32 Å². The first-order valence-corrected chi connectivity index (χ1v) is 5.60. The topological polar surface area (TPSA) is 21.3 Å². The van der Waals surface area contributed by atoms with Crippen LogP contribution in [0.1, 0.15) is 19.4 Å². The Morgan fingerprint density at radius 3 is 2.47 bits per heavy atom. The van der Waals surface area contributed by atoms with Gasteiger partial charge in [-0.3, -0.25) is 0 Å². The van der Waals surface area contributed by atoms with Gasteiger partial charge in [0.05, 0.1) is 6.10 Å². The molecule has 0 aliphatic carbocycles. The summed E-state index contributed by atoms with van der Waals surface area (Å²) in [6.07, 6.45) is 1.26. The third-order valence-electron chi connectivity index (χ3n) is 2.67. The number of nitrogens with one attached hydrogen (secondary N) is 1. The van der Waals surface area contributed by atoms with E-state index in [1.54, 1.807) is 0 Å². The molecule has 0 aliphatic heterocycles. The van der Waals surface area contributed by atoms with Crippen LogP contribution in [-0.4, -0.2) is 25.8 Å². The summed E-state index contributed by atoms with van der Waals surface area (Å²) in [4.78, 5) is 0. The quantitative estimate of drug-likeness (QED) is 0.772. The summed E-state index contributed by atoms with van der Waals surface area (Å²) in [6, 6.07) is 10.9. The highest BCUT2D eigenvalue weighted by Crippen LogP contribution is 2.07. The van der Waals surface area contributed by atoms with Crippen molar-refractivity contribution in [3.8, 4) is 0 Å². The second-order valence-corrected chi connectivity index (χ2v) is 3.75. The Morgan fingerprint density at radius 2 is 1.93 bits per heavy atom. The van der Waals surface area contributed by atoms with Crippen LogP contribution in [0.4, 0.5) is 0 Å². The van der Waals surface area contributed by atoms with Crippen molar-refractivity contribution in [2.24, 2.45) is 0 Å². The fraction of sp³-hybridized carbons (Fsp3) is 0.538. The lowest BCUT2D eigenvalue weighted by Crippen LogP contribution is -2.39. The van der Waals surface area contributed by atoms with Crippen LogP contribution >= 0.6 is 0 Å². The maximum atomic E-state index is 5.60. The van der Waals surface area contributed by atoms with Crippen molar-refractivity contribution in [3.05, 3.63) is 35.9 Å². The first kappa shape index (κ1) is 12.2. The highest BCUT2D eigenvalue weighted by molar-refractivity contribution is 5.16. The molecule has 15 heavy (non-hydrogen) atoms. The minimum absolute atomic E-state index is 0.250. The van der Waals surface area contributed by atoms with Crippen molar-refractivity contribution in [2.45, 2.75) is 32.4 Å². The van der Waals surface area contributed by atoms with E-state index in [-0.39, 0.29) is 6.10 Å². The first-order chi connectivity index (χ1) is 7.27. The van der Waals surface area contributed by atoms with Crippen molar-refractivity contribution in [2.75, 3.05) is 13.7 Å². The number of likely N-dealkylation sites (N-methyl/N-ethyl adjacent to an activating group) is 1. The molecule has 2 unspecified atom stereocenters. The Kier molecular flexibility index (Phi) is 5.37. The van der Waals surface area contributed by atoms with E-state index < -0.39 is 0 Å². The molecular formula is C13H21NO. The first-order valence-electron chi connectivity index (χ1n) is 5.60. The van der Waals surface area contributed by atoms with E-state index in [1.807, 2.05) is 20.0 Å². The molecule has 84 valence electrons. The van der Waals surface area contributed by atoms with Gasteiger partial charge >= 0.3 is 0 Å². The molecule has 0 saturated carbocycles. The van der Waals surface area contributed by atoms with Gasteiger partial charge in [-0.15, -0.1) is 0 Å². The van der Waals surface area contributed by atoms with Crippen LogP contribution in [0.3, 0.4) is 0 Å². The molecule has 0 aromatic heterocycles. The minimum atomic E-state index is 0.250. The van der Waals surface area contributed by atoms with Crippen LogP contribution in [0.25, 0.3) is 0 Å². The molecule has 2 atom stereocenters. The number of hydrogen-bond acceptors (Lipinski definition) is 2. The second-order valence-electron chi connectivity index (χ2n) is 3.75. The summed E-state index contributed by atoms with van der Waals surface area (Å²) < 4.78 is 5.60. The van der Waals surface area contributed by atoms with Crippen LogP contribution in [0, 0.1) is 0 Å². The number of ether oxygens (including phenoxy) is 1. The fourth-order valence-electron chi connectivity index (χ4n) is 1.75. The zero-order valence-electron chi connectivity index (χ0n) is 9.86. The van der Waals surface area contributed by atoms with Gasteiger partial charge in [0.25, 0.3) is 0 Å². The van der Waals surface area contributed by atoms with Gasteiger partial charge in [0.15, 0.2) is 0 Å². The summed E-state index contributed by atoms with van der Waals surface area (Å²) in [6.45, 7) is 4.92. The smallest absolute Gasteiger partial charge is 0.0702 e. The molecule has 1 aromatic rings. The molecule has 1 N–H and O–H groups in total. The molecule has 2 heteroatoms. The lowest BCUT2D eigenvalue weighted by molar-refractivity contribution is 0.0497. The zero-order valence-corrected chi connectivity index (χ0v) is 9.86. The van der Waals surface area contributed by atoms with Gasteiger partial charge in [-0.05, 0) is 32.9 Å². The average Bonchev–Trinajstić information content (AvgIpc) is 2.27.